The normalized spacial score (nSPS) is 21.9. The summed E-state index contributed by atoms with van der Waals surface area (Å²) in [5.41, 5.74) is 1.20. The van der Waals surface area contributed by atoms with E-state index in [9.17, 15) is 4.79 Å². The summed E-state index contributed by atoms with van der Waals surface area (Å²) < 4.78 is 1.99. The Balaban J connectivity index is 2.20. The molecule has 0 saturated heterocycles. The van der Waals surface area contributed by atoms with Gasteiger partial charge in [-0.15, -0.1) is 0 Å². The van der Waals surface area contributed by atoms with E-state index in [1.807, 2.05) is 10.8 Å². The SMILES string of the molecule is O=C(Cl)C1CCc2cncn2C1. The number of hydrogen-bond acceptors (Lipinski definition) is 2. The minimum Gasteiger partial charge on any atom is -0.334 e. The number of hydrogen-bond donors (Lipinski definition) is 0. The Morgan fingerprint density at radius 3 is 3.33 bits per heavy atom. The van der Waals surface area contributed by atoms with Gasteiger partial charge in [0.05, 0.1) is 12.2 Å². The van der Waals surface area contributed by atoms with Gasteiger partial charge >= 0.3 is 0 Å². The molecule has 0 N–H and O–H groups in total. The zero-order valence-electron chi connectivity index (χ0n) is 6.53. The van der Waals surface area contributed by atoms with E-state index in [0.717, 1.165) is 12.8 Å². The summed E-state index contributed by atoms with van der Waals surface area (Å²) in [6.45, 7) is 0.692. The fourth-order valence-electron chi connectivity index (χ4n) is 1.56. The molecule has 0 aliphatic carbocycles. The van der Waals surface area contributed by atoms with Crippen LogP contribution in [-0.2, 0) is 17.8 Å². The summed E-state index contributed by atoms with van der Waals surface area (Å²) in [4.78, 5) is 14.9. The van der Waals surface area contributed by atoms with E-state index in [1.165, 1.54) is 5.69 Å². The molecule has 1 atom stereocenters. The van der Waals surface area contributed by atoms with E-state index in [4.69, 9.17) is 11.6 Å². The van der Waals surface area contributed by atoms with Gasteiger partial charge in [-0.05, 0) is 24.4 Å². The number of rotatable bonds is 1. The predicted molar refractivity (Wildman–Crippen MR) is 44.9 cm³/mol. The van der Waals surface area contributed by atoms with Gasteiger partial charge in [0.2, 0.25) is 5.24 Å². The van der Waals surface area contributed by atoms with Crippen molar-refractivity contribution < 1.29 is 4.79 Å². The Morgan fingerprint density at radius 1 is 1.75 bits per heavy atom. The van der Waals surface area contributed by atoms with Crippen molar-refractivity contribution in [2.75, 3.05) is 0 Å². The van der Waals surface area contributed by atoms with Gasteiger partial charge in [0.15, 0.2) is 0 Å². The zero-order chi connectivity index (χ0) is 8.55. The highest BCUT2D eigenvalue weighted by molar-refractivity contribution is 6.63. The Hall–Kier alpha value is -0.830. The second kappa shape index (κ2) is 2.90. The molecule has 2 heterocycles. The maximum Gasteiger partial charge on any atom is 0.226 e. The highest BCUT2D eigenvalue weighted by Gasteiger charge is 2.22. The third-order valence-electron chi connectivity index (χ3n) is 2.29. The van der Waals surface area contributed by atoms with E-state index in [1.54, 1.807) is 6.33 Å². The molecule has 64 valence electrons. The Bertz CT molecular complexity index is 308. The standard InChI is InChI=1S/C8H9ClN2O/c9-8(12)6-1-2-7-3-10-5-11(7)4-6/h3,5-6H,1-2,4H2. The number of carbonyl (C=O) groups is 1. The maximum absolute atomic E-state index is 10.9. The molecule has 0 amide bonds. The van der Waals surface area contributed by atoms with E-state index in [2.05, 4.69) is 4.98 Å². The van der Waals surface area contributed by atoms with Gasteiger partial charge in [-0.1, -0.05) is 0 Å². The van der Waals surface area contributed by atoms with Crippen molar-refractivity contribution in [3.05, 3.63) is 18.2 Å². The molecular formula is C8H9ClN2O. The Labute approximate surface area is 75.4 Å². The van der Waals surface area contributed by atoms with E-state index >= 15 is 0 Å². The predicted octanol–water partition coefficient (Wildman–Crippen LogP) is 1.21. The molecular weight excluding hydrogens is 176 g/mol. The summed E-state index contributed by atoms with van der Waals surface area (Å²) in [5.74, 6) is -0.0200. The second-order valence-electron chi connectivity index (χ2n) is 3.08. The molecule has 1 aromatic heterocycles. The number of fused-ring (bicyclic) bond motifs is 1. The Kier molecular flexibility index (Phi) is 1.89. The lowest BCUT2D eigenvalue weighted by Gasteiger charge is -2.20. The molecule has 1 aliphatic heterocycles. The number of nitrogens with zero attached hydrogens (tertiary/aromatic N) is 2. The van der Waals surface area contributed by atoms with Crippen LogP contribution in [0.25, 0.3) is 0 Å². The third kappa shape index (κ3) is 1.25. The molecule has 0 fully saturated rings. The first kappa shape index (κ1) is 7.80. The van der Waals surface area contributed by atoms with Crippen molar-refractivity contribution in [3.63, 3.8) is 0 Å². The molecule has 2 rings (SSSR count). The maximum atomic E-state index is 10.9. The molecule has 0 saturated carbocycles. The largest absolute Gasteiger partial charge is 0.334 e. The quantitative estimate of drug-likeness (QED) is 0.615. The van der Waals surface area contributed by atoms with Gasteiger partial charge < -0.3 is 4.57 Å². The first-order valence-corrected chi connectivity index (χ1v) is 4.33. The molecule has 1 unspecified atom stereocenters. The number of halogens is 1. The summed E-state index contributed by atoms with van der Waals surface area (Å²) in [7, 11) is 0. The van der Waals surface area contributed by atoms with Crippen molar-refractivity contribution in [2.24, 2.45) is 5.92 Å². The summed E-state index contributed by atoms with van der Waals surface area (Å²) in [6.07, 6.45) is 5.35. The van der Waals surface area contributed by atoms with Crippen molar-refractivity contribution in [2.45, 2.75) is 19.4 Å². The zero-order valence-corrected chi connectivity index (χ0v) is 7.29. The molecule has 4 heteroatoms. The smallest absolute Gasteiger partial charge is 0.226 e. The molecule has 1 aliphatic rings. The Morgan fingerprint density at radius 2 is 2.58 bits per heavy atom. The average molecular weight is 185 g/mol. The van der Waals surface area contributed by atoms with Crippen LogP contribution >= 0.6 is 11.6 Å². The van der Waals surface area contributed by atoms with Crippen molar-refractivity contribution >= 4 is 16.8 Å². The van der Waals surface area contributed by atoms with E-state index in [0.29, 0.717) is 6.54 Å². The van der Waals surface area contributed by atoms with Gasteiger partial charge in [0, 0.05) is 18.4 Å². The van der Waals surface area contributed by atoms with Crippen LogP contribution in [0, 0.1) is 5.92 Å². The minimum atomic E-state index is -0.227. The molecule has 1 aromatic rings. The molecule has 0 aromatic carbocycles. The third-order valence-corrected chi connectivity index (χ3v) is 2.59. The van der Waals surface area contributed by atoms with Crippen molar-refractivity contribution in [1.82, 2.24) is 9.55 Å². The monoisotopic (exact) mass is 184 g/mol. The van der Waals surface area contributed by atoms with Gasteiger partial charge in [-0.3, -0.25) is 4.79 Å². The highest BCUT2D eigenvalue weighted by Crippen LogP contribution is 2.20. The topological polar surface area (TPSA) is 34.9 Å². The van der Waals surface area contributed by atoms with Crippen LogP contribution in [0.3, 0.4) is 0 Å². The van der Waals surface area contributed by atoms with Crippen LogP contribution in [0.1, 0.15) is 12.1 Å². The van der Waals surface area contributed by atoms with Crippen LogP contribution in [-0.4, -0.2) is 14.8 Å². The number of aromatic nitrogens is 2. The fourth-order valence-corrected chi connectivity index (χ4v) is 1.73. The fraction of sp³-hybridized carbons (Fsp3) is 0.500. The van der Waals surface area contributed by atoms with Gasteiger partial charge in [0.1, 0.15) is 0 Å². The lowest BCUT2D eigenvalue weighted by atomic mass is 10.00. The van der Waals surface area contributed by atoms with Crippen LogP contribution in [0.15, 0.2) is 12.5 Å². The lowest BCUT2D eigenvalue weighted by Crippen LogP contribution is -2.23. The van der Waals surface area contributed by atoms with Crippen LogP contribution in [0.2, 0.25) is 0 Å². The number of aryl methyl sites for hydroxylation is 1. The lowest BCUT2D eigenvalue weighted by molar-refractivity contribution is -0.115. The first-order valence-electron chi connectivity index (χ1n) is 3.95. The summed E-state index contributed by atoms with van der Waals surface area (Å²) in [6, 6.07) is 0. The number of imidazole rings is 1. The molecule has 3 nitrogen and oxygen atoms in total. The second-order valence-corrected chi connectivity index (χ2v) is 3.45. The van der Waals surface area contributed by atoms with Crippen LogP contribution in [0.5, 0.6) is 0 Å². The molecule has 12 heavy (non-hydrogen) atoms. The average Bonchev–Trinajstić information content (AvgIpc) is 2.49. The summed E-state index contributed by atoms with van der Waals surface area (Å²) in [5, 5.41) is -0.227. The van der Waals surface area contributed by atoms with Crippen LogP contribution < -0.4 is 0 Å². The molecule has 0 spiro atoms. The van der Waals surface area contributed by atoms with E-state index < -0.39 is 0 Å². The van der Waals surface area contributed by atoms with Crippen molar-refractivity contribution in [3.8, 4) is 0 Å². The van der Waals surface area contributed by atoms with Gasteiger partial charge in [0.25, 0.3) is 0 Å². The van der Waals surface area contributed by atoms with Crippen molar-refractivity contribution in [1.29, 1.82) is 0 Å². The van der Waals surface area contributed by atoms with Gasteiger partial charge in [-0.25, -0.2) is 4.98 Å². The minimum absolute atomic E-state index is 0.0200. The first-order chi connectivity index (χ1) is 5.77. The van der Waals surface area contributed by atoms with E-state index in [-0.39, 0.29) is 11.2 Å². The molecule has 0 bridgehead atoms. The van der Waals surface area contributed by atoms with Gasteiger partial charge in [-0.2, -0.15) is 0 Å². The highest BCUT2D eigenvalue weighted by atomic mass is 35.5. The molecule has 0 radical (unpaired) electrons. The number of carbonyl (C=O) groups excluding carboxylic acids is 1. The summed E-state index contributed by atoms with van der Waals surface area (Å²) >= 11 is 5.42. The van der Waals surface area contributed by atoms with Crippen LogP contribution in [0.4, 0.5) is 0 Å².